The molecular weight excluding hydrogens is 324 g/mol. The first-order chi connectivity index (χ1) is 10.1. The summed E-state index contributed by atoms with van der Waals surface area (Å²) in [7, 11) is -3.21. The second-order valence-corrected chi connectivity index (χ2v) is 8.39. The lowest BCUT2D eigenvalue weighted by Crippen LogP contribution is -2.29. The molecule has 2 aromatic rings. The van der Waals surface area contributed by atoms with Gasteiger partial charge in [0.25, 0.3) is 0 Å². The third kappa shape index (κ3) is 6.09. The van der Waals surface area contributed by atoms with Crippen LogP contribution >= 0.6 is 23.1 Å². The first-order valence-corrected chi connectivity index (χ1v) is 10.1. The molecule has 0 aliphatic rings. The fraction of sp³-hybridized carbons (Fsp3) is 0.286. The summed E-state index contributed by atoms with van der Waals surface area (Å²) in [4.78, 5) is 0.989. The van der Waals surface area contributed by atoms with Crippen LogP contribution in [0.2, 0.25) is 0 Å². The zero-order chi connectivity index (χ0) is 15.1. The minimum atomic E-state index is -3.21. The van der Waals surface area contributed by atoms with Gasteiger partial charge >= 0.3 is 0 Å². The average Bonchev–Trinajstić information content (AvgIpc) is 2.91. The smallest absolute Gasteiger partial charge is 0.212 e. The van der Waals surface area contributed by atoms with Gasteiger partial charge < -0.3 is 5.73 Å². The van der Waals surface area contributed by atoms with Crippen LogP contribution in [0, 0.1) is 0 Å². The summed E-state index contributed by atoms with van der Waals surface area (Å²) < 4.78 is 26.4. The Labute approximate surface area is 133 Å². The molecule has 1 aromatic carbocycles. The highest BCUT2D eigenvalue weighted by molar-refractivity contribution is 8.00. The van der Waals surface area contributed by atoms with E-state index >= 15 is 0 Å². The highest BCUT2D eigenvalue weighted by Gasteiger charge is 2.09. The van der Waals surface area contributed by atoms with Crippen molar-refractivity contribution in [1.29, 1.82) is 0 Å². The quantitative estimate of drug-likeness (QED) is 0.571. The van der Waals surface area contributed by atoms with Crippen LogP contribution < -0.4 is 10.5 Å². The summed E-state index contributed by atoms with van der Waals surface area (Å²) in [5.41, 5.74) is 7.54. The molecule has 3 N–H and O–H groups in total. The number of thiophene rings is 1. The van der Waals surface area contributed by atoms with Gasteiger partial charge in [-0.3, -0.25) is 0 Å². The van der Waals surface area contributed by atoms with Gasteiger partial charge in [-0.25, -0.2) is 13.1 Å². The van der Waals surface area contributed by atoms with Crippen LogP contribution in [0.4, 0.5) is 5.69 Å². The monoisotopic (exact) mass is 342 g/mol. The Kier molecular flexibility index (Phi) is 6.10. The molecule has 0 saturated carbocycles. The van der Waals surface area contributed by atoms with E-state index in [9.17, 15) is 8.42 Å². The number of thioether (sulfide) groups is 1. The molecule has 1 heterocycles. The summed E-state index contributed by atoms with van der Waals surface area (Å²) in [6.45, 7) is 0.446. The zero-order valence-electron chi connectivity index (χ0n) is 11.5. The van der Waals surface area contributed by atoms with Crippen LogP contribution in [0.15, 0.2) is 46.0 Å². The zero-order valence-corrected chi connectivity index (χ0v) is 13.9. The van der Waals surface area contributed by atoms with Crippen molar-refractivity contribution in [3.05, 3.63) is 46.7 Å². The van der Waals surface area contributed by atoms with Crippen molar-refractivity contribution in [3.8, 4) is 0 Å². The van der Waals surface area contributed by atoms with Gasteiger partial charge in [0.2, 0.25) is 10.0 Å². The summed E-state index contributed by atoms with van der Waals surface area (Å²) in [5.74, 6) is 0.618. The van der Waals surface area contributed by atoms with Crippen molar-refractivity contribution in [2.45, 2.75) is 11.3 Å². The lowest BCUT2D eigenvalue weighted by Gasteiger charge is -2.06. The Hall–Kier alpha value is -1.02. The number of hydrogen-bond acceptors (Lipinski definition) is 5. The predicted octanol–water partition coefficient (Wildman–Crippen LogP) is 2.58. The molecule has 0 spiro atoms. The topological polar surface area (TPSA) is 72.2 Å². The number of nitrogens with one attached hydrogen (secondary N) is 1. The highest BCUT2D eigenvalue weighted by atomic mass is 32.2. The number of hydrogen-bond donors (Lipinski definition) is 2. The van der Waals surface area contributed by atoms with Gasteiger partial charge in [-0.1, -0.05) is 6.07 Å². The molecule has 4 nitrogen and oxygen atoms in total. The van der Waals surface area contributed by atoms with Crippen molar-refractivity contribution in [2.75, 3.05) is 23.8 Å². The molecule has 0 amide bonds. The maximum absolute atomic E-state index is 11.9. The van der Waals surface area contributed by atoms with Crippen molar-refractivity contribution >= 4 is 38.8 Å². The summed E-state index contributed by atoms with van der Waals surface area (Å²) >= 11 is 3.11. The van der Waals surface area contributed by atoms with Crippen molar-refractivity contribution in [3.63, 3.8) is 0 Å². The molecule has 0 aliphatic carbocycles. The third-order valence-electron chi connectivity index (χ3n) is 2.79. The molecule has 0 unspecified atom stereocenters. The first-order valence-electron chi connectivity index (χ1n) is 6.52. The summed E-state index contributed by atoms with van der Waals surface area (Å²) in [6, 6.07) is 9.46. The predicted molar refractivity (Wildman–Crippen MR) is 91.4 cm³/mol. The molecule has 7 heteroatoms. The number of sulfonamides is 1. The molecule has 2 rings (SSSR count). The second-order valence-electron chi connectivity index (χ2n) is 4.52. The minimum absolute atomic E-state index is 0.107. The second kappa shape index (κ2) is 7.84. The molecule has 0 bridgehead atoms. The lowest BCUT2D eigenvalue weighted by molar-refractivity contribution is 0.583. The number of nitrogens with two attached hydrogens (primary N) is 1. The molecule has 114 valence electrons. The van der Waals surface area contributed by atoms with E-state index in [4.69, 9.17) is 5.73 Å². The molecular formula is C14H18N2O2S3. The van der Waals surface area contributed by atoms with E-state index in [-0.39, 0.29) is 5.75 Å². The van der Waals surface area contributed by atoms with Crippen molar-refractivity contribution < 1.29 is 8.42 Å². The Bertz CT molecular complexity index is 655. The SMILES string of the molecule is Nc1cccc(SCCS(=O)(=O)NCCc2ccsc2)c1. The van der Waals surface area contributed by atoms with Gasteiger partial charge in [-0.15, -0.1) is 11.8 Å². The summed E-state index contributed by atoms with van der Waals surface area (Å²) in [6.07, 6.45) is 0.727. The standard InChI is InChI=1S/C14H18N2O2S3/c15-13-2-1-3-14(10-13)20-8-9-21(17,18)16-6-4-12-5-7-19-11-12/h1-3,5,7,10-11,16H,4,6,8-9,15H2. The molecule has 1 aromatic heterocycles. The fourth-order valence-electron chi connectivity index (χ4n) is 1.73. The Balaban J connectivity index is 1.71. The molecule has 0 saturated heterocycles. The molecule has 0 aliphatic heterocycles. The number of anilines is 1. The molecule has 0 fully saturated rings. The Morgan fingerprint density at radius 1 is 1.29 bits per heavy atom. The number of rotatable bonds is 8. The largest absolute Gasteiger partial charge is 0.399 e. The van der Waals surface area contributed by atoms with Crippen LogP contribution in [0.5, 0.6) is 0 Å². The van der Waals surface area contributed by atoms with Crippen LogP contribution in [0.3, 0.4) is 0 Å². The average molecular weight is 343 g/mol. The van der Waals surface area contributed by atoms with Gasteiger partial charge in [0.05, 0.1) is 5.75 Å². The van der Waals surface area contributed by atoms with Gasteiger partial charge in [-0.2, -0.15) is 11.3 Å². The van der Waals surface area contributed by atoms with Crippen LogP contribution in [0.1, 0.15) is 5.56 Å². The molecule has 0 radical (unpaired) electrons. The van der Waals surface area contributed by atoms with E-state index in [0.29, 0.717) is 18.0 Å². The first kappa shape index (κ1) is 16.4. The van der Waals surface area contributed by atoms with E-state index in [1.54, 1.807) is 11.3 Å². The molecule has 21 heavy (non-hydrogen) atoms. The Morgan fingerprint density at radius 3 is 2.86 bits per heavy atom. The maximum Gasteiger partial charge on any atom is 0.212 e. The fourth-order valence-corrected chi connectivity index (χ4v) is 4.83. The number of nitrogen functional groups attached to an aromatic ring is 1. The molecule has 0 atom stereocenters. The third-order valence-corrected chi connectivity index (χ3v) is 6.17. The van der Waals surface area contributed by atoms with Gasteiger partial charge in [0.1, 0.15) is 0 Å². The van der Waals surface area contributed by atoms with E-state index in [1.807, 2.05) is 41.1 Å². The highest BCUT2D eigenvalue weighted by Crippen LogP contribution is 2.20. The van der Waals surface area contributed by atoms with E-state index < -0.39 is 10.0 Å². The van der Waals surface area contributed by atoms with Crippen molar-refractivity contribution in [1.82, 2.24) is 4.72 Å². The normalized spacial score (nSPS) is 11.6. The lowest BCUT2D eigenvalue weighted by atomic mass is 10.2. The minimum Gasteiger partial charge on any atom is -0.399 e. The van der Waals surface area contributed by atoms with Gasteiger partial charge in [-0.05, 0) is 47.0 Å². The maximum atomic E-state index is 11.9. The van der Waals surface area contributed by atoms with Crippen LogP contribution in [-0.2, 0) is 16.4 Å². The van der Waals surface area contributed by atoms with E-state index in [1.165, 1.54) is 11.8 Å². The number of benzene rings is 1. The van der Waals surface area contributed by atoms with Crippen molar-refractivity contribution in [2.24, 2.45) is 0 Å². The van der Waals surface area contributed by atoms with Crippen LogP contribution in [-0.4, -0.2) is 26.5 Å². The Morgan fingerprint density at radius 2 is 2.14 bits per heavy atom. The van der Waals surface area contributed by atoms with Gasteiger partial charge in [0.15, 0.2) is 0 Å². The summed E-state index contributed by atoms with van der Waals surface area (Å²) in [5, 5.41) is 4.02. The van der Waals surface area contributed by atoms with E-state index in [0.717, 1.165) is 16.9 Å². The van der Waals surface area contributed by atoms with Crippen LogP contribution in [0.25, 0.3) is 0 Å². The van der Waals surface area contributed by atoms with Gasteiger partial charge in [0, 0.05) is 22.9 Å². The van der Waals surface area contributed by atoms with E-state index in [2.05, 4.69) is 4.72 Å².